The number of rotatable bonds is 13. The molecule has 3 N–H and O–H groups in total. The molecule has 6 nitrogen and oxygen atoms in total. The van der Waals surface area contributed by atoms with Gasteiger partial charge in [0.25, 0.3) is 0 Å². The molecule has 0 fully saturated rings. The number of hydrogen-bond acceptors (Lipinski definition) is 4. The van der Waals surface area contributed by atoms with Crippen LogP contribution in [0.15, 0.2) is 59.6 Å². The zero-order chi connectivity index (χ0) is 21.4. The van der Waals surface area contributed by atoms with Crippen molar-refractivity contribution in [3.05, 3.63) is 65.7 Å². The Labute approximate surface area is 181 Å². The van der Waals surface area contributed by atoms with Crippen molar-refractivity contribution in [1.29, 1.82) is 0 Å². The van der Waals surface area contributed by atoms with E-state index in [1.165, 1.54) is 11.1 Å². The molecular weight excluding hydrogens is 376 g/mol. The second-order valence-electron chi connectivity index (χ2n) is 7.30. The van der Waals surface area contributed by atoms with E-state index in [0.717, 1.165) is 31.3 Å². The average molecular weight is 413 g/mol. The highest BCUT2D eigenvalue weighted by Crippen LogP contribution is 2.10. The highest BCUT2D eigenvalue weighted by Gasteiger charge is 2.05. The molecule has 0 aromatic heterocycles. The highest BCUT2D eigenvalue weighted by molar-refractivity contribution is 5.79. The van der Waals surface area contributed by atoms with Crippen LogP contribution in [0.2, 0.25) is 0 Å². The van der Waals surface area contributed by atoms with E-state index in [-0.39, 0.29) is 0 Å². The predicted molar refractivity (Wildman–Crippen MR) is 125 cm³/mol. The smallest absolute Gasteiger partial charge is 0.191 e. The van der Waals surface area contributed by atoms with Crippen LogP contribution in [-0.4, -0.2) is 45.9 Å². The molecule has 30 heavy (non-hydrogen) atoms. The van der Waals surface area contributed by atoms with Crippen molar-refractivity contribution in [3.8, 4) is 0 Å². The molecule has 2 rings (SSSR count). The van der Waals surface area contributed by atoms with E-state index in [9.17, 15) is 0 Å². The van der Waals surface area contributed by atoms with Crippen molar-refractivity contribution in [1.82, 2.24) is 10.6 Å². The molecule has 0 aliphatic rings. The van der Waals surface area contributed by atoms with Crippen molar-refractivity contribution in [2.24, 2.45) is 10.9 Å². The van der Waals surface area contributed by atoms with Crippen LogP contribution in [-0.2, 0) is 22.6 Å². The average Bonchev–Trinajstić information content (AvgIpc) is 2.77. The Morgan fingerprint density at radius 1 is 1.00 bits per heavy atom. The lowest BCUT2D eigenvalue weighted by atomic mass is 10.2. The van der Waals surface area contributed by atoms with Gasteiger partial charge in [-0.05, 0) is 36.1 Å². The summed E-state index contributed by atoms with van der Waals surface area (Å²) >= 11 is 0. The lowest BCUT2D eigenvalue weighted by Crippen LogP contribution is -2.40. The fourth-order valence-corrected chi connectivity index (χ4v) is 2.82. The maximum absolute atomic E-state index is 5.84. The maximum Gasteiger partial charge on any atom is 0.191 e. The molecule has 1 atom stereocenters. The fraction of sp³-hybridized carbons (Fsp3) is 0.458. The molecule has 0 amide bonds. The minimum absolute atomic E-state index is 0.384. The Hall–Kier alpha value is -2.57. The molecule has 0 spiro atoms. The van der Waals surface area contributed by atoms with E-state index in [2.05, 4.69) is 66.2 Å². The molecule has 0 saturated carbocycles. The van der Waals surface area contributed by atoms with Gasteiger partial charge in [-0.2, -0.15) is 0 Å². The minimum atomic E-state index is 0.384. The van der Waals surface area contributed by atoms with Gasteiger partial charge in [0, 0.05) is 32.4 Å². The van der Waals surface area contributed by atoms with Gasteiger partial charge in [-0.15, -0.1) is 0 Å². The number of hydrogen-bond donors (Lipinski definition) is 3. The van der Waals surface area contributed by atoms with E-state index in [4.69, 9.17) is 14.5 Å². The van der Waals surface area contributed by atoms with Crippen molar-refractivity contribution < 1.29 is 9.47 Å². The molecule has 6 heteroatoms. The number of benzene rings is 2. The molecule has 0 radical (unpaired) electrons. The van der Waals surface area contributed by atoms with Crippen LogP contribution in [0.25, 0.3) is 0 Å². The van der Waals surface area contributed by atoms with Gasteiger partial charge in [0.2, 0.25) is 0 Å². The topological polar surface area (TPSA) is 66.9 Å². The van der Waals surface area contributed by atoms with Gasteiger partial charge in [-0.3, -0.25) is 0 Å². The number of nitrogens with zero attached hydrogens (tertiary/aromatic N) is 1. The Morgan fingerprint density at radius 2 is 1.77 bits per heavy atom. The van der Waals surface area contributed by atoms with Gasteiger partial charge in [0.1, 0.15) is 0 Å². The van der Waals surface area contributed by atoms with E-state index >= 15 is 0 Å². The van der Waals surface area contributed by atoms with Gasteiger partial charge >= 0.3 is 0 Å². The van der Waals surface area contributed by atoms with Crippen molar-refractivity contribution >= 4 is 11.6 Å². The Balaban J connectivity index is 1.73. The van der Waals surface area contributed by atoms with Crippen molar-refractivity contribution in [2.75, 3.05) is 45.3 Å². The Morgan fingerprint density at radius 3 is 2.47 bits per heavy atom. The monoisotopic (exact) mass is 412 g/mol. The first-order chi connectivity index (χ1) is 14.7. The standard InChI is InChI=1S/C24H36N4O2/c1-4-25-24(27-16-20(2)18-30-19-22-8-6-5-7-9-22)28-17-21-10-12-23(13-11-21)26-14-15-29-3/h5-13,20,26H,4,14-19H2,1-3H3,(H2,25,27,28). The van der Waals surface area contributed by atoms with Crippen LogP contribution in [0, 0.1) is 5.92 Å². The summed E-state index contributed by atoms with van der Waals surface area (Å²) in [4.78, 5) is 4.70. The van der Waals surface area contributed by atoms with Crippen LogP contribution in [0.3, 0.4) is 0 Å². The zero-order valence-electron chi connectivity index (χ0n) is 18.5. The maximum atomic E-state index is 5.84. The van der Waals surface area contributed by atoms with E-state index < -0.39 is 0 Å². The number of methoxy groups -OCH3 is 1. The molecule has 2 aromatic carbocycles. The summed E-state index contributed by atoms with van der Waals surface area (Å²) in [5.41, 5.74) is 3.46. The van der Waals surface area contributed by atoms with E-state index in [1.54, 1.807) is 7.11 Å². The minimum Gasteiger partial charge on any atom is -0.383 e. The third kappa shape index (κ3) is 9.76. The fourth-order valence-electron chi connectivity index (χ4n) is 2.82. The molecule has 0 heterocycles. The second-order valence-corrected chi connectivity index (χ2v) is 7.30. The van der Waals surface area contributed by atoms with Crippen LogP contribution >= 0.6 is 0 Å². The van der Waals surface area contributed by atoms with Gasteiger partial charge in [-0.25, -0.2) is 4.99 Å². The highest BCUT2D eigenvalue weighted by atomic mass is 16.5. The molecule has 0 saturated heterocycles. The SMILES string of the molecule is CCNC(=NCc1ccc(NCCOC)cc1)NCC(C)COCc1ccccc1. The molecule has 1 unspecified atom stereocenters. The number of nitrogens with one attached hydrogen (secondary N) is 3. The summed E-state index contributed by atoms with van der Waals surface area (Å²) in [7, 11) is 1.71. The summed E-state index contributed by atoms with van der Waals surface area (Å²) in [5, 5.41) is 10.0. The van der Waals surface area contributed by atoms with Crippen LogP contribution in [0.5, 0.6) is 0 Å². The molecule has 164 valence electrons. The number of guanidine groups is 1. The summed E-state index contributed by atoms with van der Waals surface area (Å²) in [6.07, 6.45) is 0. The zero-order valence-corrected chi connectivity index (χ0v) is 18.5. The lowest BCUT2D eigenvalue weighted by Gasteiger charge is -2.16. The van der Waals surface area contributed by atoms with Gasteiger partial charge < -0.3 is 25.4 Å². The lowest BCUT2D eigenvalue weighted by molar-refractivity contribution is 0.0931. The van der Waals surface area contributed by atoms with Gasteiger partial charge in [0.15, 0.2) is 5.96 Å². The number of aliphatic imine (C=N–C) groups is 1. The normalized spacial score (nSPS) is 12.4. The first-order valence-corrected chi connectivity index (χ1v) is 10.7. The summed E-state index contributed by atoms with van der Waals surface area (Å²) in [6.45, 7) is 9.37. The van der Waals surface area contributed by atoms with E-state index in [0.29, 0.717) is 32.3 Å². The quantitative estimate of drug-likeness (QED) is 0.266. The predicted octanol–water partition coefficient (Wildman–Crippen LogP) is 3.65. The summed E-state index contributed by atoms with van der Waals surface area (Å²) in [5.74, 6) is 1.21. The second kappa shape index (κ2) is 14.4. The van der Waals surface area contributed by atoms with Gasteiger partial charge in [0.05, 0.1) is 26.4 Å². The Kier molecular flexibility index (Phi) is 11.4. The summed E-state index contributed by atoms with van der Waals surface area (Å²) < 4.78 is 10.9. The van der Waals surface area contributed by atoms with Crippen LogP contribution in [0.4, 0.5) is 5.69 Å². The van der Waals surface area contributed by atoms with Crippen molar-refractivity contribution in [3.63, 3.8) is 0 Å². The largest absolute Gasteiger partial charge is 0.383 e. The number of ether oxygens (including phenoxy) is 2. The first-order valence-electron chi connectivity index (χ1n) is 10.7. The summed E-state index contributed by atoms with van der Waals surface area (Å²) in [6, 6.07) is 18.6. The Bertz CT molecular complexity index is 720. The third-order valence-corrected chi connectivity index (χ3v) is 4.49. The molecule has 2 aromatic rings. The van der Waals surface area contributed by atoms with Crippen LogP contribution < -0.4 is 16.0 Å². The molecular formula is C24H36N4O2. The molecule has 0 aliphatic carbocycles. The van der Waals surface area contributed by atoms with Crippen molar-refractivity contribution in [2.45, 2.75) is 27.0 Å². The van der Waals surface area contributed by atoms with Crippen LogP contribution in [0.1, 0.15) is 25.0 Å². The van der Waals surface area contributed by atoms with Gasteiger partial charge in [-0.1, -0.05) is 49.4 Å². The molecule has 0 aliphatic heterocycles. The number of anilines is 1. The first kappa shape index (κ1) is 23.7. The third-order valence-electron chi connectivity index (χ3n) is 4.49. The van der Waals surface area contributed by atoms with E-state index in [1.807, 2.05) is 18.2 Å². The molecule has 0 bridgehead atoms.